The molecular weight excluding hydrogens is 863 g/mol. The molecule has 1 aliphatic rings. The number of nitrogens with zero attached hydrogens (tertiary/aromatic N) is 5. The van der Waals surface area contributed by atoms with Gasteiger partial charge in [-0.2, -0.15) is 0 Å². The Bertz CT molecular complexity index is 4560. The van der Waals surface area contributed by atoms with Crippen molar-refractivity contribution in [3.63, 3.8) is 0 Å². The Labute approximate surface area is 409 Å². The zero-order valence-electron chi connectivity index (χ0n) is 39.0. The van der Waals surface area contributed by atoms with Gasteiger partial charge in [0.05, 0.1) is 55.9 Å². The van der Waals surface area contributed by atoms with Crippen LogP contribution in [0.1, 0.15) is 29.2 Å². The van der Waals surface area contributed by atoms with Crippen molar-refractivity contribution in [3.05, 3.63) is 253 Å². The Hall–Kier alpha value is -9.19. The zero-order valence-corrected chi connectivity index (χ0v) is 39.0. The van der Waals surface area contributed by atoms with Gasteiger partial charge in [-0.3, -0.25) is 4.99 Å². The van der Waals surface area contributed by atoms with Crippen molar-refractivity contribution in [3.8, 4) is 22.7 Å². The lowest BCUT2D eigenvalue weighted by Gasteiger charge is -2.17. The van der Waals surface area contributed by atoms with E-state index in [0.29, 0.717) is 0 Å². The molecule has 0 amide bonds. The molecule has 0 fully saturated rings. The molecule has 334 valence electrons. The summed E-state index contributed by atoms with van der Waals surface area (Å²) in [7, 11) is 0. The third-order valence-electron chi connectivity index (χ3n) is 15.1. The molecule has 0 saturated carbocycles. The molecule has 1 atom stereocenters. The summed E-state index contributed by atoms with van der Waals surface area (Å²) in [5.41, 5.74) is 18.6. The number of allylic oxidation sites excluding steroid dienone is 1. The van der Waals surface area contributed by atoms with Gasteiger partial charge in [-0.15, -0.1) is 0 Å². The lowest BCUT2D eigenvalue weighted by molar-refractivity contribution is 0.737. The summed E-state index contributed by atoms with van der Waals surface area (Å²) in [6, 6.07) is 82.4. The average Bonchev–Trinajstić information content (AvgIpc) is 4.18. The van der Waals surface area contributed by atoms with Gasteiger partial charge in [0.2, 0.25) is 0 Å². The molecule has 0 saturated heterocycles. The number of hydrogen-bond acceptors (Lipinski definition) is 1. The van der Waals surface area contributed by atoms with Gasteiger partial charge in [-0.25, -0.2) is 0 Å². The third-order valence-corrected chi connectivity index (χ3v) is 15.1. The predicted octanol–water partition coefficient (Wildman–Crippen LogP) is 16.9. The van der Waals surface area contributed by atoms with Gasteiger partial charge >= 0.3 is 0 Å². The molecule has 5 heterocycles. The lowest BCUT2D eigenvalue weighted by atomic mass is 9.99. The van der Waals surface area contributed by atoms with Crippen LogP contribution >= 0.6 is 0 Å². The zero-order chi connectivity index (χ0) is 46.7. The number of dihydropyridines is 1. The van der Waals surface area contributed by atoms with Gasteiger partial charge in [0.15, 0.2) is 0 Å². The first-order chi connectivity index (χ1) is 35.2. The average molecular weight is 908 g/mol. The molecule has 0 N–H and O–H groups in total. The van der Waals surface area contributed by atoms with E-state index < -0.39 is 0 Å². The first kappa shape index (κ1) is 39.8. The van der Waals surface area contributed by atoms with E-state index in [4.69, 9.17) is 4.99 Å². The molecule has 5 nitrogen and oxygen atoms in total. The molecule has 1 unspecified atom stereocenters. The Kier molecular flexibility index (Phi) is 8.63. The fourth-order valence-electron chi connectivity index (χ4n) is 12.2. The molecule has 5 heteroatoms. The summed E-state index contributed by atoms with van der Waals surface area (Å²) >= 11 is 0. The van der Waals surface area contributed by atoms with E-state index in [0.717, 1.165) is 46.0 Å². The maximum atomic E-state index is 5.30. The first-order valence-electron chi connectivity index (χ1n) is 24.7. The van der Waals surface area contributed by atoms with Crippen molar-refractivity contribution in [2.45, 2.75) is 19.4 Å². The summed E-state index contributed by atoms with van der Waals surface area (Å²) in [5, 5.41) is 9.93. The normalized spacial score (nSPS) is 14.1. The van der Waals surface area contributed by atoms with E-state index in [2.05, 4.69) is 262 Å². The first-order valence-corrected chi connectivity index (χ1v) is 24.7. The van der Waals surface area contributed by atoms with Gasteiger partial charge < -0.3 is 18.3 Å². The van der Waals surface area contributed by atoms with Crippen LogP contribution in [0.2, 0.25) is 0 Å². The van der Waals surface area contributed by atoms with Crippen LogP contribution in [0.4, 0.5) is 0 Å². The number of benzene rings is 10. The third kappa shape index (κ3) is 5.84. The van der Waals surface area contributed by atoms with Crippen molar-refractivity contribution in [2.24, 2.45) is 4.99 Å². The monoisotopic (exact) mass is 907 g/mol. The summed E-state index contributed by atoms with van der Waals surface area (Å²) in [5.74, 6) is 0. The van der Waals surface area contributed by atoms with E-state index in [-0.39, 0.29) is 6.04 Å². The van der Waals surface area contributed by atoms with Gasteiger partial charge in [0.25, 0.3) is 0 Å². The Morgan fingerprint density at radius 3 is 1.58 bits per heavy atom. The van der Waals surface area contributed by atoms with Crippen LogP contribution in [0.5, 0.6) is 0 Å². The minimum Gasteiger partial charge on any atom is -0.309 e. The largest absolute Gasteiger partial charge is 0.309 e. The number of rotatable bonds is 6. The number of aliphatic imine (C=N–C) groups is 1. The van der Waals surface area contributed by atoms with Crippen LogP contribution in [-0.4, -0.2) is 24.0 Å². The van der Waals surface area contributed by atoms with E-state index in [9.17, 15) is 0 Å². The van der Waals surface area contributed by atoms with Crippen molar-refractivity contribution in [1.29, 1.82) is 0 Å². The molecule has 15 rings (SSSR count). The molecule has 0 bridgehead atoms. The highest BCUT2D eigenvalue weighted by Crippen LogP contribution is 2.46. The maximum absolute atomic E-state index is 5.30. The Balaban J connectivity index is 0.967. The highest BCUT2D eigenvalue weighted by atomic mass is 15.0. The standard InChI is InChI=1S/C66H45N5/c1-42-39-54-50-28-9-13-34-58(50)69(45-22-6-3-7-23-45)66(54)63-53-30-11-15-36-60(53)70(64(42)63)47-25-17-26-48(41-47)71-57-33-12-8-27-49(57)51-37-38-61-62(65(51)71)52-29-10-14-35-59(52)68(61)46-24-16-21-44(40-46)56-32-18-31-55(67-56)43-19-4-2-5-20-43/h2-30,32-41,55H,31H2,1H3. The van der Waals surface area contributed by atoms with Crippen molar-refractivity contribution in [2.75, 3.05) is 0 Å². The van der Waals surface area contributed by atoms with Crippen LogP contribution in [-0.2, 0) is 0 Å². The van der Waals surface area contributed by atoms with Gasteiger partial charge in [-0.05, 0) is 109 Å². The quantitative estimate of drug-likeness (QED) is 0.159. The fourth-order valence-corrected chi connectivity index (χ4v) is 12.2. The molecule has 0 spiro atoms. The summed E-state index contributed by atoms with van der Waals surface area (Å²) in [6.45, 7) is 2.28. The summed E-state index contributed by atoms with van der Waals surface area (Å²) in [4.78, 5) is 5.30. The highest BCUT2D eigenvalue weighted by molar-refractivity contribution is 6.28. The second kappa shape index (κ2) is 15.4. The van der Waals surface area contributed by atoms with Crippen molar-refractivity contribution < 1.29 is 0 Å². The minimum absolute atomic E-state index is 0.101. The van der Waals surface area contributed by atoms with Gasteiger partial charge in [-0.1, -0.05) is 152 Å². The molecule has 0 aliphatic carbocycles. The van der Waals surface area contributed by atoms with Crippen LogP contribution in [0.25, 0.3) is 110 Å². The molecule has 0 radical (unpaired) electrons. The smallest absolute Gasteiger partial charge is 0.0790 e. The number of para-hydroxylation sites is 5. The number of aryl methyl sites for hydroxylation is 1. The molecule has 1 aliphatic heterocycles. The van der Waals surface area contributed by atoms with Crippen LogP contribution in [0.15, 0.2) is 242 Å². The number of aromatic nitrogens is 4. The summed E-state index contributed by atoms with van der Waals surface area (Å²) in [6.07, 6.45) is 5.35. The molecule has 4 aromatic heterocycles. The highest BCUT2D eigenvalue weighted by Gasteiger charge is 2.25. The lowest BCUT2D eigenvalue weighted by Crippen LogP contribution is -2.07. The van der Waals surface area contributed by atoms with E-state index in [1.54, 1.807) is 0 Å². The fraction of sp³-hybridized carbons (Fsp3) is 0.0455. The number of hydrogen-bond donors (Lipinski definition) is 0. The maximum Gasteiger partial charge on any atom is 0.0790 e. The SMILES string of the molecule is Cc1cc2c3ccccc3n(-c3ccccc3)c2c2c3ccccc3n(-c3cccc(-n4c5ccccc5c5ccc6c(c7ccccc7n6-c6cccc(C7=NC(c8ccccc8)CC=C7)c6)c54)c3)c12. The second-order valence-corrected chi connectivity index (χ2v) is 19.1. The molecule has 71 heavy (non-hydrogen) atoms. The van der Waals surface area contributed by atoms with Crippen molar-refractivity contribution >= 4 is 92.9 Å². The predicted molar refractivity (Wildman–Crippen MR) is 298 cm³/mol. The van der Waals surface area contributed by atoms with Crippen LogP contribution in [0, 0.1) is 6.92 Å². The number of fused-ring (bicyclic) bond motifs is 14. The molecular formula is C66H45N5. The summed E-state index contributed by atoms with van der Waals surface area (Å²) < 4.78 is 9.94. The van der Waals surface area contributed by atoms with Crippen molar-refractivity contribution in [1.82, 2.24) is 18.3 Å². The molecule has 14 aromatic rings. The van der Waals surface area contributed by atoms with E-state index in [1.165, 1.54) is 92.8 Å². The van der Waals surface area contributed by atoms with Gasteiger partial charge in [0, 0.05) is 71.4 Å². The van der Waals surface area contributed by atoms with Crippen LogP contribution < -0.4 is 0 Å². The van der Waals surface area contributed by atoms with E-state index >= 15 is 0 Å². The van der Waals surface area contributed by atoms with E-state index in [1.807, 2.05) is 0 Å². The topological polar surface area (TPSA) is 32.1 Å². The van der Waals surface area contributed by atoms with Crippen LogP contribution in [0.3, 0.4) is 0 Å². The second-order valence-electron chi connectivity index (χ2n) is 19.1. The minimum atomic E-state index is 0.101. The molecule has 10 aromatic carbocycles. The van der Waals surface area contributed by atoms with Gasteiger partial charge in [0.1, 0.15) is 0 Å². The Morgan fingerprint density at radius 1 is 0.366 bits per heavy atom. The Morgan fingerprint density at radius 2 is 0.873 bits per heavy atom.